The van der Waals surface area contributed by atoms with Crippen LogP contribution in [0.1, 0.15) is 24.0 Å². The number of fused-ring (bicyclic) bond motifs is 1. The quantitative estimate of drug-likeness (QED) is 0.529. The number of aromatic nitrogens is 4. The van der Waals surface area contributed by atoms with Crippen LogP contribution in [0.3, 0.4) is 0 Å². The summed E-state index contributed by atoms with van der Waals surface area (Å²) in [6.07, 6.45) is 2.92. The topological polar surface area (TPSA) is 120 Å². The van der Waals surface area contributed by atoms with Crippen LogP contribution in [0.4, 0.5) is 5.69 Å². The summed E-state index contributed by atoms with van der Waals surface area (Å²) in [5, 5.41) is 2.90. The normalized spacial score (nSPS) is 15.5. The summed E-state index contributed by atoms with van der Waals surface area (Å²) in [5.74, 6) is -0.675. The highest BCUT2D eigenvalue weighted by Gasteiger charge is 2.26. The Bertz CT molecular complexity index is 1400. The second-order valence-corrected chi connectivity index (χ2v) is 8.96. The van der Waals surface area contributed by atoms with E-state index in [1.54, 1.807) is 0 Å². The molecule has 1 N–H and O–H groups in total. The average molecular weight is 483 g/mol. The maximum absolute atomic E-state index is 13.4. The maximum Gasteiger partial charge on any atom is 0.332 e. The lowest BCUT2D eigenvalue weighted by Gasteiger charge is -2.25. The van der Waals surface area contributed by atoms with Crippen LogP contribution in [0.5, 0.6) is 0 Å². The largest absolute Gasteiger partial charge is 0.376 e. The second-order valence-electron chi connectivity index (χ2n) is 8.96. The van der Waals surface area contributed by atoms with Crippen LogP contribution in [0.15, 0.2) is 34.1 Å². The minimum absolute atomic E-state index is 0.152. The molecule has 0 aliphatic carbocycles. The van der Waals surface area contributed by atoms with Gasteiger partial charge in [0, 0.05) is 32.9 Å². The Hall–Kier alpha value is -3.73. The molecule has 11 nitrogen and oxygen atoms in total. The number of rotatable bonds is 7. The summed E-state index contributed by atoms with van der Waals surface area (Å²) in [4.78, 5) is 56.8. The van der Waals surface area contributed by atoms with Gasteiger partial charge in [-0.25, -0.2) is 9.78 Å². The first-order chi connectivity index (χ1) is 16.7. The summed E-state index contributed by atoms with van der Waals surface area (Å²) in [7, 11) is 2.90. The zero-order chi connectivity index (χ0) is 25.3. The molecule has 1 aliphatic heterocycles. The zero-order valence-electron chi connectivity index (χ0n) is 20.4. The van der Waals surface area contributed by atoms with Crippen molar-refractivity contribution in [1.29, 1.82) is 0 Å². The third-order valence-electron chi connectivity index (χ3n) is 6.54. The molecule has 3 heterocycles. The van der Waals surface area contributed by atoms with Gasteiger partial charge in [0.15, 0.2) is 11.2 Å². The fourth-order valence-corrected chi connectivity index (χ4v) is 4.30. The fraction of sp³-hybridized carbons (Fsp3) is 0.458. The first-order valence-electron chi connectivity index (χ1n) is 11.5. The van der Waals surface area contributed by atoms with Crippen molar-refractivity contribution < 1.29 is 14.3 Å². The predicted octanol–water partition coefficient (Wildman–Crippen LogP) is 0.697. The van der Waals surface area contributed by atoms with Gasteiger partial charge in [-0.15, -0.1) is 0 Å². The fourth-order valence-electron chi connectivity index (χ4n) is 4.30. The summed E-state index contributed by atoms with van der Waals surface area (Å²) in [6.45, 7) is 4.42. The van der Waals surface area contributed by atoms with E-state index in [1.807, 2.05) is 32.0 Å². The van der Waals surface area contributed by atoms with E-state index >= 15 is 0 Å². The van der Waals surface area contributed by atoms with Crippen LogP contribution in [-0.4, -0.2) is 61.2 Å². The molecule has 0 bridgehead atoms. The molecular weight excluding hydrogens is 452 g/mol. The molecule has 1 atom stereocenters. The minimum atomic E-state index is -0.535. The van der Waals surface area contributed by atoms with E-state index in [-0.39, 0.29) is 48.7 Å². The van der Waals surface area contributed by atoms with Gasteiger partial charge in [0.1, 0.15) is 13.1 Å². The molecule has 2 aromatic heterocycles. The Morgan fingerprint density at radius 2 is 1.97 bits per heavy atom. The minimum Gasteiger partial charge on any atom is -0.376 e. The number of imidazole rings is 1. The number of aryl methyl sites for hydroxylation is 2. The molecule has 3 aromatic rings. The third kappa shape index (κ3) is 4.90. The van der Waals surface area contributed by atoms with Crippen LogP contribution in [0.25, 0.3) is 11.2 Å². The Morgan fingerprint density at radius 1 is 1.20 bits per heavy atom. The monoisotopic (exact) mass is 482 g/mol. The van der Waals surface area contributed by atoms with E-state index in [1.165, 1.54) is 34.5 Å². The van der Waals surface area contributed by atoms with Crippen LogP contribution >= 0.6 is 0 Å². The number of amides is 2. The lowest BCUT2D eigenvalue weighted by molar-refractivity contribution is -0.136. The molecule has 11 heteroatoms. The Morgan fingerprint density at radius 3 is 2.69 bits per heavy atom. The summed E-state index contributed by atoms with van der Waals surface area (Å²) in [6, 6.07) is 5.66. The summed E-state index contributed by atoms with van der Waals surface area (Å²) in [5.41, 5.74) is 2.03. The first kappa shape index (κ1) is 24.4. The van der Waals surface area contributed by atoms with Crippen molar-refractivity contribution in [2.24, 2.45) is 14.1 Å². The van der Waals surface area contributed by atoms with Crippen molar-refractivity contribution >= 4 is 28.7 Å². The number of hydrogen-bond acceptors (Lipinski definition) is 6. The number of anilines is 1. The van der Waals surface area contributed by atoms with Crippen molar-refractivity contribution in [2.75, 3.05) is 25.0 Å². The first-order valence-corrected chi connectivity index (χ1v) is 11.5. The molecule has 0 unspecified atom stereocenters. The predicted molar refractivity (Wildman–Crippen MR) is 130 cm³/mol. The highest BCUT2D eigenvalue weighted by Crippen LogP contribution is 2.18. The molecular formula is C24H30N6O5. The molecule has 35 heavy (non-hydrogen) atoms. The number of carbonyl (C=O) groups is 2. The van der Waals surface area contributed by atoms with E-state index in [0.29, 0.717) is 12.3 Å². The number of benzene rings is 1. The molecule has 1 aromatic carbocycles. The highest BCUT2D eigenvalue weighted by atomic mass is 16.5. The van der Waals surface area contributed by atoms with E-state index in [0.717, 1.165) is 28.5 Å². The van der Waals surface area contributed by atoms with E-state index in [2.05, 4.69) is 10.3 Å². The van der Waals surface area contributed by atoms with Gasteiger partial charge < -0.3 is 19.5 Å². The Balaban J connectivity index is 1.57. The molecule has 0 saturated carbocycles. The zero-order valence-corrected chi connectivity index (χ0v) is 20.4. The maximum atomic E-state index is 13.4. The van der Waals surface area contributed by atoms with Gasteiger partial charge in [-0.3, -0.25) is 23.5 Å². The van der Waals surface area contributed by atoms with Crippen LogP contribution in [-0.2, 0) is 35.0 Å². The van der Waals surface area contributed by atoms with Gasteiger partial charge in [0.05, 0.1) is 12.4 Å². The number of nitrogens with zero attached hydrogens (tertiary/aromatic N) is 5. The number of ether oxygens (including phenoxy) is 1. The van der Waals surface area contributed by atoms with E-state index in [4.69, 9.17) is 4.74 Å². The van der Waals surface area contributed by atoms with Gasteiger partial charge in [-0.1, -0.05) is 12.1 Å². The van der Waals surface area contributed by atoms with Crippen LogP contribution in [0.2, 0.25) is 0 Å². The van der Waals surface area contributed by atoms with Crippen molar-refractivity contribution in [1.82, 2.24) is 23.6 Å². The summed E-state index contributed by atoms with van der Waals surface area (Å²) < 4.78 is 9.36. The Labute approximate surface area is 201 Å². The SMILES string of the molecule is Cc1cccc(NC(=O)CN(C[C@H]2CCCO2)C(=O)Cn2cnc3c2c(=O)n(C)c(=O)n3C)c1C. The Kier molecular flexibility index (Phi) is 6.88. The highest BCUT2D eigenvalue weighted by molar-refractivity contribution is 5.95. The van der Waals surface area contributed by atoms with Crippen LogP contribution < -0.4 is 16.6 Å². The van der Waals surface area contributed by atoms with Gasteiger partial charge in [0.25, 0.3) is 5.56 Å². The molecule has 186 valence electrons. The van der Waals surface area contributed by atoms with Crippen molar-refractivity contribution in [3.8, 4) is 0 Å². The molecule has 1 saturated heterocycles. The number of carbonyl (C=O) groups excluding carboxylic acids is 2. The second kappa shape index (κ2) is 9.87. The van der Waals surface area contributed by atoms with Gasteiger partial charge in [0.2, 0.25) is 11.8 Å². The smallest absolute Gasteiger partial charge is 0.332 e. The van der Waals surface area contributed by atoms with Crippen molar-refractivity contribution in [3.63, 3.8) is 0 Å². The van der Waals surface area contributed by atoms with Crippen LogP contribution in [0, 0.1) is 13.8 Å². The third-order valence-corrected chi connectivity index (χ3v) is 6.54. The molecule has 0 radical (unpaired) electrons. The lowest BCUT2D eigenvalue weighted by Crippen LogP contribution is -2.44. The molecule has 2 amide bonds. The lowest BCUT2D eigenvalue weighted by atomic mass is 10.1. The van der Waals surface area contributed by atoms with Crippen molar-refractivity contribution in [3.05, 3.63) is 56.5 Å². The molecule has 1 fully saturated rings. The molecule has 4 rings (SSSR count). The van der Waals surface area contributed by atoms with Gasteiger partial charge in [-0.2, -0.15) is 0 Å². The number of hydrogen-bond donors (Lipinski definition) is 1. The van der Waals surface area contributed by atoms with Gasteiger partial charge in [-0.05, 0) is 43.9 Å². The van der Waals surface area contributed by atoms with Crippen molar-refractivity contribution in [2.45, 2.75) is 39.3 Å². The van der Waals surface area contributed by atoms with Gasteiger partial charge >= 0.3 is 5.69 Å². The standard InChI is InChI=1S/C24H30N6O5/c1-15-7-5-9-18(16(15)2)26-19(31)12-29(11-17-8-6-10-35-17)20(32)13-30-14-25-22-21(30)23(33)28(4)24(34)27(22)3/h5,7,9,14,17H,6,8,10-13H2,1-4H3,(H,26,31)/t17-/m1/s1. The average Bonchev–Trinajstić information content (AvgIpc) is 3.49. The molecule has 1 aliphatic rings. The van der Waals surface area contributed by atoms with E-state index in [9.17, 15) is 19.2 Å². The summed E-state index contributed by atoms with van der Waals surface area (Å²) >= 11 is 0. The number of nitrogens with one attached hydrogen (secondary N) is 1. The molecule has 0 spiro atoms. The van der Waals surface area contributed by atoms with E-state index < -0.39 is 11.2 Å².